The monoisotopic (exact) mass is 872 g/mol. The number of imidazole rings is 1. The summed E-state index contributed by atoms with van der Waals surface area (Å²) in [4.78, 5) is 71.8. The number of aromatic nitrogens is 2. The molecule has 0 radical (unpaired) electrons. The summed E-state index contributed by atoms with van der Waals surface area (Å²) < 4.78 is 83.8. The first-order valence-electron chi connectivity index (χ1n) is 19.2. The van der Waals surface area contributed by atoms with Gasteiger partial charge in [-0.2, -0.15) is 0 Å². The zero-order valence-corrected chi connectivity index (χ0v) is 34.3. The minimum Gasteiger partial charge on any atom is -0.497 e. The van der Waals surface area contributed by atoms with E-state index in [0.29, 0.717) is 35.0 Å². The number of carbonyl (C=O) groups excluding carboxylic acids is 4. The number of benzene rings is 5. The van der Waals surface area contributed by atoms with Crippen molar-refractivity contribution in [3.8, 4) is 11.5 Å². The minimum atomic E-state index is -1.44. The summed E-state index contributed by atoms with van der Waals surface area (Å²) in [6.07, 6.45) is -0.737. The van der Waals surface area contributed by atoms with E-state index in [1.165, 1.54) is 44.2 Å². The number of carbonyl (C=O) groups is 4. The van der Waals surface area contributed by atoms with Crippen LogP contribution in [0.5, 0.6) is 11.5 Å². The molecule has 0 aliphatic heterocycles. The maximum absolute atomic E-state index is 14.7. The molecule has 1 aromatic heterocycles. The number of amides is 4. The molecule has 328 valence electrons. The number of methoxy groups -OCH3 is 2. The van der Waals surface area contributed by atoms with Crippen LogP contribution in [0.25, 0.3) is 11.0 Å². The van der Waals surface area contributed by atoms with Crippen LogP contribution in [0.3, 0.4) is 0 Å². The first kappa shape index (κ1) is 45.0. The highest BCUT2D eigenvalue weighted by molar-refractivity contribution is 6.00. The highest BCUT2D eigenvalue weighted by Crippen LogP contribution is 2.22. The number of nitrogens with zero attached hydrogens (tertiary/aromatic N) is 4. The SMILES string of the molecule is COc1ccc(N(C)C(=O)C(Cc2cc(F)cc(F)c2)NC(=O)Cn2c(=O)n(CC(=O)N[C@@H](Cc3cc(F)cc(F)c3)C(=O)N(C)c3ccc(OC)cc3)c3ccc(F)cc32)cc1. The molecule has 4 amide bonds. The highest BCUT2D eigenvalue weighted by Gasteiger charge is 2.29. The van der Waals surface area contributed by atoms with Gasteiger partial charge in [-0.15, -0.1) is 0 Å². The maximum Gasteiger partial charge on any atom is 0.330 e. The molecule has 18 heteroatoms. The van der Waals surface area contributed by atoms with E-state index in [1.807, 2.05) is 0 Å². The van der Waals surface area contributed by atoms with E-state index in [0.717, 1.165) is 45.5 Å². The first-order chi connectivity index (χ1) is 30.0. The Kier molecular flexibility index (Phi) is 13.9. The Bertz CT molecular complexity index is 2680. The van der Waals surface area contributed by atoms with Gasteiger partial charge < -0.3 is 29.9 Å². The summed E-state index contributed by atoms with van der Waals surface area (Å²) in [5, 5.41) is 5.09. The molecule has 0 bridgehead atoms. The lowest BCUT2D eigenvalue weighted by molar-refractivity contribution is -0.128. The highest BCUT2D eigenvalue weighted by atomic mass is 19.1. The van der Waals surface area contributed by atoms with Gasteiger partial charge >= 0.3 is 5.69 Å². The van der Waals surface area contributed by atoms with Gasteiger partial charge in [-0.3, -0.25) is 28.3 Å². The zero-order valence-electron chi connectivity index (χ0n) is 34.3. The van der Waals surface area contributed by atoms with Crippen molar-refractivity contribution in [1.29, 1.82) is 0 Å². The lowest BCUT2D eigenvalue weighted by Crippen LogP contribution is -2.50. The Labute approximate surface area is 357 Å². The largest absolute Gasteiger partial charge is 0.497 e. The van der Waals surface area contributed by atoms with E-state index in [-0.39, 0.29) is 35.0 Å². The molecule has 1 unspecified atom stereocenters. The van der Waals surface area contributed by atoms with Gasteiger partial charge in [0.2, 0.25) is 23.6 Å². The second-order valence-electron chi connectivity index (χ2n) is 14.5. The van der Waals surface area contributed by atoms with Gasteiger partial charge in [0.15, 0.2) is 0 Å². The summed E-state index contributed by atoms with van der Waals surface area (Å²) in [7, 11) is 5.78. The number of nitrogens with one attached hydrogen (secondary N) is 2. The third kappa shape index (κ3) is 10.9. The first-order valence-corrected chi connectivity index (χ1v) is 19.2. The maximum atomic E-state index is 14.7. The summed E-state index contributed by atoms with van der Waals surface area (Å²) in [6.45, 7) is -1.57. The van der Waals surface area contributed by atoms with E-state index >= 15 is 0 Å². The van der Waals surface area contributed by atoms with Gasteiger partial charge in [0.1, 0.15) is 65.8 Å². The lowest BCUT2D eigenvalue weighted by atomic mass is 10.0. The van der Waals surface area contributed by atoms with Gasteiger partial charge in [0.05, 0.1) is 25.3 Å². The molecule has 6 rings (SSSR count). The van der Waals surface area contributed by atoms with Crippen molar-refractivity contribution in [3.05, 3.63) is 154 Å². The number of likely N-dealkylation sites (N-methyl/N-ethyl adjacent to an activating group) is 2. The van der Waals surface area contributed by atoms with Crippen LogP contribution in [0.4, 0.5) is 33.3 Å². The lowest BCUT2D eigenvalue weighted by Gasteiger charge is -2.25. The van der Waals surface area contributed by atoms with Gasteiger partial charge in [-0.1, -0.05) is 0 Å². The topological polar surface area (TPSA) is 144 Å². The third-order valence-corrected chi connectivity index (χ3v) is 10.2. The van der Waals surface area contributed by atoms with Gasteiger partial charge in [-0.25, -0.2) is 26.7 Å². The zero-order chi connectivity index (χ0) is 45.5. The Morgan fingerprint density at radius 2 is 0.921 bits per heavy atom. The molecule has 0 aliphatic carbocycles. The van der Waals surface area contributed by atoms with E-state index in [9.17, 15) is 45.9 Å². The van der Waals surface area contributed by atoms with Crippen LogP contribution in [0.15, 0.2) is 108 Å². The van der Waals surface area contributed by atoms with Crippen molar-refractivity contribution in [2.24, 2.45) is 0 Å². The molecule has 63 heavy (non-hydrogen) atoms. The summed E-state index contributed by atoms with van der Waals surface area (Å²) in [5.41, 5.74) is -0.212. The van der Waals surface area contributed by atoms with Crippen molar-refractivity contribution in [3.63, 3.8) is 0 Å². The summed E-state index contributed by atoms with van der Waals surface area (Å²) >= 11 is 0. The number of hydrogen-bond donors (Lipinski definition) is 2. The van der Waals surface area contributed by atoms with Crippen molar-refractivity contribution in [1.82, 2.24) is 19.8 Å². The second-order valence-corrected chi connectivity index (χ2v) is 14.5. The average molecular weight is 873 g/mol. The number of ether oxygens (including phenoxy) is 2. The number of rotatable bonds is 16. The molecule has 2 atom stereocenters. The molecule has 5 aromatic carbocycles. The molecule has 13 nitrogen and oxygen atoms in total. The van der Waals surface area contributed by atoms with Crippen LogP contribution < -0.4 is 35.6 Å². The molecule has 1 heterocycles. The van der Waals surface area contributed by atoms with Crippen LogP contribution in [-0.2, 0) is 45.1 Å². The van der Waals surface area contributed by atoms with Crippen LogP contribution in [0.2, 0.25) is 0 Å². The molecule has 0 saturated carbocycles. The van der Waals surface area contributed by atoms with Crippen molar-refractivity contribution in [2.45, 2.75) is 38.0 Å². The summed E-state index contributed by atoms with van der Waals surface area (Å²) in [6, 6.07) is 18.4. The van der Waals surface area contributed by atoms with Crippen LogP contribution in [0, 0.1) is 29.1 Å². The van der Waals surface area contributed by atoms with Gasteiger partial charge in [0, 0.05) is 50.4 Å². The molecule has 6 aromatic rings. The predicted octanol–water partition coefficient (Wildman–Crippen LogP) is 5.30. The molecule has 0 fully saturated rings. The van der Waals surface area contributed by atoms with E-state index in [4.69, 9.17) is 9.47 Å². The fourth-order valence-corrected chi connectivity index (χ4v) is 7.03. The van der Waals surface area contributed by atoms with Crippen molar-refractivity contribution < 1.29 is 50.6 Å². The average Bonchev–Trinajstić information content (AvgIpc) is 3.49. The van der Waals surface area contributed by atoms with Crippen LogP contribution in [-0.4, -0.2) is 73.2 Å². The minimum absolute atomic E-state index is 0.0110. The van der Waals surface area contributed by atoms with E-state index in [2.05, 4.69) is 10.6 Å². The molecular weight excluding hydrogens is 832 g/mol. The molecule has 2 N–H and O–H groups in total. The quantitative estimate of drug-likeness (QED) is 0.126. The summed E-state index contributed by atoms with van der Waals surface area (Å²) in [5.74, 6) is -6.66. The smallest absolute Gasteiger partial charge is 0.330 e. The number of fused-ring (bicyclic) bond motifs is 1. The third-order valence-electron chi connectivity index (χ3n) is 10.2. The Morgan fingerprint density at radius 3 is 1.30 bits per heavy atom. The fraction of sp³-hybridized carbons (Fsp3) is 0.222. The van der Waals surface area contributed by atoms with Crippen LogP contribution in [0.1, 0.15) is 11.1 Å². The Hall–Kier alpha value is -7.50. The second kappa shape index (κ2) is 19.5. The fourth-order valence-electron chi connectivity index (χ4n) is 7.03. The van der Waals surface area contributed by atoms with Crippen molar-refractivity contribution in [2.75, 3.05) is 38.1 Å². The molecular formula is C45H41F5N6O7. The molecule has 0 aliphatic rings. The number of hydrogen-bond acceptors (Lipinski definition) is 7. The molecule has 0 spiro atoms. The standard InChI is InChI=1S/C45H41F5N6O7/c1-53(33-6-10-35(62-3)11-7-33)43(59)37(19-26-15-29(47)21-30(48)16-26)51-41(57)24-55-39-14-5-28(46)23-40(39)56(45(55)61)25-42(58)52-38(20-27-17-31(49)22-32(50)18-27)44(60)54(2)34-8-12-36(63-4)13-9-34/h5-18,21-23,37-38H,19-20,24-25H2,1-4H3,(H,51,57)(H,52,58)/t37-,38?/m0/s1. The van der Waals surface area contributed by atoms with E-state index < -0.39 is 83.6 Å². The van der Waals surface area contributed by atoms with Gasteiger partial charge in [-0.05, 0) is 102 Å². The molecule has 0 saturated heterocycles. The van der Waals surface area contributed by atoms with Gasteiger partial charge in [0.25, 0.3) is 0 Å². The number of halogens is 5. The van der Waals surface area contributed by atoms with Crippen molar-refractivity contribution >= 4 is 46.0 Å². The number of anilines is 2. The predicted molar refractivity (Wildman–Crippen MR) is 223 cm³/mol. The van der Waals surface area contributed by atoms with Crippen LogP contribution >= 0.6 is 0 Å². The normalized spacial score (nSPS) is 12.0. The van der Waals surface area contributed by atoms with E-state index in [1.54, 1.807) is 48.5 Å². The Balaban J connectivity index is 1.27. The Morgan fingerprint density at radius 1 is 0.540 bits per heavy atom.